The molecule has 0 aromatic carbocycles. The lowest BCUT2D eigenvalue weighted by Crippen LogP contribution is -2.72. The molecule has 7 unspecified atom stereocenters. The van der Waals surface area contributed by atoms with E-state index >= 15 is 0 Å². The fourth-order valence-corrected chi connectivity index (χ4v) is 10.3. The Balaban J connectivity index is 1.53. The fraction of sp³-hybridized carbons (Fsp3) is 1.00. The van der Waals surface area contributed by atoms with Crippen LogP contribution in [0.25, 0.3) is 0 Å². The van der Waals surface area contributed by atoms with Crippen LogP contribution in [0.5, 0.6) is 0 Å². The highest BCUT2D eigenvalue weighted by molar-refractivity contribution is 6.74. The normalized spacial score (nSPS) is 51.5. The lowest BCUT2D eigenvalue weighted by atomic mass is 9.41. The average molecular weight is 479 g/mol. The van der Waals surface area contributed by atoms with E-state index in [0.717, 1.165) is 38.5 Å². The third-order valence-electron chi connectivity index (χ3n) is 11.8. The molecule has 5 heteroatoms. The van der Waals surface area contributed by atoms with Crippen molar-refractivity contribution in [1.29, 1.82) is 0 Å². The zero-order valence-corrected chi connectivity index (χ0v) is 23.8. The molecule has 1 aliphatic heterocycles. The molecule has 0 aromatic heterocycles. The first-order chi connectivity index (χ1) is 15.1. The van der Waals surface area contributed by atoms with Crippen LogP contribution in [-0.4, -0.2) is 43.1 Å². The third-order valence-corrected chi connectivity index (χ3v) is 16.3. The first-order valence-electron chi connectivity index (χ1n) is 13.8. The van der Waals surface area contributed by atoms with E-state index in [-0.39, 0.29) is 34.0 Å². The summed E-state index contributed by atoms with van der Waals surface area (Å²) < 4.78 is 20.5. The minimum Gasteiger partial charge on any atom is -0.413 e. The van der Waals surface area contributed by atoms with Crippen LogP contribution in [0.2, 0.25) is 18.1 Å². The summed E-state index contributed by atoms with van der Waals surface area (Å²) in [6.07, 6.45) is 9.33. The van der Waals surface area contributed by atoms with Gasteiger partial charge in [0.15, 0.2) is 14.1 Å². The third kappa shape index (κ3) is 3.34. The summed E-state index contributed by atoms with van der Waals surface area (Å²) in [6.45, 7) is 20.8. The molecule has 0 amide bonds. The second-order valence-electron chi connectivity index (χ2n) is 14.8. The molecular weight excluding hydrogens is 428 g/mol. The van der Waals surface area contributed by atoms with Crippen LogP contribution in [-0.2, 0) is 13.9 Å². The van der Waals surface area contributed by atoms with Gasteiger partial charge in [0, 0.05) is 11.3 Å². The number of fused-ring (bicyclic) bond motifs is 8. The molecule has 0 bridgehead atoms. The van der Waals surface area contributed by atoms with Gasteiger partial charge in [-0.1, -0.05) is 47.5 Å². The Hall–Kier alpha value is 0.0569. The topological polar surface area (TPSA) is 47.9 Å². The quantitative estimate of drug-likeness (QED) is 0.451. The molecule has 5 rings (SSSR count). The maximum absolute atomic E-state index is 12.7. The van der Waals surface area contributed by atoms with Crippen LogP contribution in [0.4, 0.5) is 0 Å². The molecule has 0 aromatic rings. The Morgan fingerprint density at radius 1 is 0.848 bits per heavy atom. The minimum atomic E-state index is -1.87. The van der Waals surface area contributed by atoms with Crippen molar-refractivity contribution >= 4 is 8.32 Å². The molecule has 4 aliphatic carbocycles. The highest BCUT2D eigenvalue weighted by Gasteiger charge is 2.74. The zero-order valence-electron chi connectivity index (χ0n) is 22.8. The van der Waals surface area contributed by atoms with Gasteiger partial charge in [-0.15, -0.1) is 0 Å². The molecule has 5 aliphatic rings. The monoisotopic (exact) mass is 478 g/mol. The van der Waals surface area contributed by atoms with E-state index in [1.165, 1.54) is 12.8 Å². The first-order valence-corrected chi connectivity index (χ1v) is 16.7. The van der Waals surface area contributed by atoms with Crippen LogP contribution in [0, 0.1) is 28.6 Å². The van der Waals surface area contributed by atoms with Crippen molar-refractivity contribution in [1.82, 2.24) is 0 Å². The van der Waals surface area contributed by atoms with Gasteiger partial charge in [-0.3, -0.25) is 0 Å². The maximum atomic E-state index is 12.7. The number of rotatable bonds is 2. The number of aliphatic hydroxyl groups is 1. The number of hydrogen-bond donors (Lipinski definition) is 1. The first kappa shape index (κ1) is 24.7. The van der Waals surface area contributed by atoms with E-state index in [1.54, 1.807) is 0 Å². The predicted octanol–water partition coefficient (Wildman–Crippen LogP) is 6.66. The van der Waals surface area contributed by atoms with E-state index in [4.69, 9.17) is 13.9 Å². The van der Waals surface area contributed by atoms with Crippen LogP contribution in [0.15, 0.2) is 0 Å². The van der Waals surface area contributed by atoms with Crippen molar-refractivity contribution < 1.29 is 19.0 Å². The molecule has 1 heterocycles. The molecule has 0 spiro atoms. The highest BCUT2D eigenvalue weighted by atomic mass is 28.4. The summed E-state index contributed by atoms with van der Waals surface area (Å²) in [7, 11) is -1.87. The van der Waals surface area contributed by atoms with Gasteiger partial charge in [0.1, 0.15) is 0 Å². The van der Waals surface area contributed by atoms with E-state index < -0.39 is 19.7 Å². The molecule has 190 valence electrons. The zero-order chi connectivity index (χ0) is 24.2. The summed E-state index contributed by atoms with van der Waals surface area (Å²) in [4.78, 5) is 0. The van der Waals surface area contributed by atoms with Crippen molar-refractivity contribution in [3.05, 3.63) is 0 Å². The lowest BCUT2D eigenvalue weighted by molar-refractivity contribution is -0.274. The Morgan fingerprint density at radius 3 is 2.18 bits per heavy atom. The molecule has 1 saturated heterocycles. The summed E-state index contributed by atoms with van der Waals surface area (Å²) in [5, 5.41) is 12.9. The van der Waals surface area contributed by atoms with Gasteiger partial charge in [-0.2, -0.15) is 0 Å². The minimum absolute atomic E-state index is 0.00239. The fourth-order valence-electron chi connectivity index (χ4n) is 8.85. The highest BCUT2D eigenvalue weighted by Crippen LogP contribution is 2.70. The molecule has 33 heavy (non-hydrogen) atoms. The molecule has 4 saturated carbocycles. The van der Waals surface area contributed by atoms with Crippen molar-refractivity contribution in [2.24, 2.45) is 28.6 Å². The van der Waals surface area contributed by atoms with Gasteiger partial charge >= 0.3 is 0 Å². The summed E-state index contributed by atoms with van der Waals surface area (Å²) >= 11 is 0. The molecule has 1 N–H and O–H groups in total. The van der Waals surface area contributed by atoms with E-state index in [0.29, 0.717) is 17.9 Å². The predicted molar refractivity (Wildman–Crippen MR) is 134 cm³/mol. The Morgan fingerprint density at radius 2 is 1.52 bits per heavy atom. The molecule has 5 fully saturated rings. The van der Waals surface area contributed by atoms with Gasteiger partial charge in [-0.05, 0) is 87.8 Å². The maximum Gasteiger partial charge on any atom is 0.192 e. The van der Waals surface area contributed by atoms with E-state index in [2.05, 4.69) is 61.6 Å². The van der Waals surface area contributed by atoms with Crippen molar-refractivity contribution in [3.8, 4) is 0 Å². The lowest BCUT2D eigenvalue weighted by Gasteiger charge is -2.67. The SMILES string of the molecule is CC1(C)OC2C(O1)C1CCCC[C@]1(C)C1(O)CC[C@]3(C)C(O[Si](C)(C)C(C)(C)C)CCC3C21. The Kier molecular flexibility index (Phi) is 5.48. The van der Waals surface area contributed by atoms with Crippen LogP contribution in [0.3, 0.4) is 0 Å². The van der Waals surface area contributed by atoms with Gasteiger partial charge in [0.25, 0.3) is 0 Å². The average Bonchev–Trinajstić information content (AvgIpc) is 3.17. The van der Waals surface area contributed by atoms with Gasteiger partial charge in [-0.25, -0.2) is 0 Å². The standard InChI is InChI=1S/C28H50O4Si/c1-24(2,3)33(8,9)32-20-14-13-18-21-23-22(30-25(4,5)31-23)19-12-10-11-15-27(19,7)28(21,29)17-16-26(18,20)6/h18-23,29H,10-17H2,1-9H3/t18?,19?,20?,21?,22?,23?,26-,27-,28?/m0/s1. The van der Waals surface area contributed by atoms with E-state index in [1.807, 2.05) is 0 Å². The Labute approximate surface area is 203 Å². The van der Waals surface area contributed by atoms with Crippen LogP contribution in [0.1, 0.15) is 99.8 Å². The molecular formula is C28H50O4Si. The summed E-state index contributed by atoms with van der Waals surface area (Å²) in [5.41, 5.74) is -0.648. The van der Waals surface area contributed by atoms with Crippen LogP contribution < -0.4 is 0 Å². The van der Waals surface area contributed by atoms with E-state index in [9.17, 15) is 5.11 Å². The second kappa shape index (κ2) is 7.31. The molecule has 0 radical (unpaired) electrons. The second-order valence-corrected chi connectivity index (χ2v) is 19.6. The van der Waals surface area contributed by atoms with Crippen LogP contribution >= 0.6 is 0 Å². The van der Waals surface area contributed by atoms with Gasteiger partial charge in [0.2, 0.25) is 0 Å². The molecule has 4 nitrogen and oxygen atoms in total. The molecule has 9 atom stereocenters. The van der Waals surface area contributed by atoms with Crippen molar-refractivity contribution in [2.75, 3.05) is 0 Å². The Bertz CT molecular complexity index is 789. The van der Waals surface area contributed by atoms with Crippen molar-refractivity contribution in [2.45, 2.75) is 148 Å². The summed E-state index contributed by atoms with van der Waals surface area (Å²) in [5.74, 6) is 0.387. The number of hydrogen-bond acceptors (Lipinski definition) is 4. The van der Waals surface area contributed by atoms with Gasteiger partial charge in [0.05, 0.1) is 23.9 Å². The van der Waals surface area contributed by atoms with Gasteiger partial charge < -0.3 is 19.0 Å². The summed E-state index contributed by atoms with van der Waals surface area (Å²) in [6, 6.07) is 0. The van der Waals surface area contributed by atoms with Crippen molar-refractivity contribution in [3.63, 3.8) is 0 Å². The smallest absolute Gasteiger partial charge is 0.192 e. The number of ether oxygens (including phenoxy) is 2. The largest absolute Gasteiger partial charge is 0.413 e.